The third-order valence-corrected chi connectivity index (χ3v) is 4.73. The van der Waals surface area contributed by atoms with Crippen LogP contribution >= 0.6 is 7.82 Å². The molecular formula is C17H24NNa2O5P. The van der Waals surface area contributed by atoms with Gasteiger partial charge in [0.15, 0.2) is 0 Å². The van der Waals surface area contributed by atoms with Gasteiger partial charge in [-0.1, -0.05) is 56.9 Å². The molecule has 26 heavy (non-hydrogen) atoms. The molecule has 134 valence electrons. The first-order chi connectivity index (χ1) is 11.4. The Labute approximate surface area is 199 Å². The van der Waals surface area contributed by atoms with Crippen LogP contribution in [0.4, 0.5) is 0 Å². The van der Waals surface area contributed by atoms with Gasteiger partial charge in [-0.05, 0) is 29.9 Å². The molecule has 1 aromatic rings. The largest absolute Gasteiger partial charge is 1.00 e. The van der Waals surface area contributed by atoms with Gasteiger partial charge in [-0.2, -0.15) is 0 Å². The summed E-state index contributed by atoms with van der Waals surface area (Å²) >= 11 is 0. The number of fused-ring (bicyclic) bond motifs is 1. The van der Waals surface area contributed by atoms with Crippen molar-refractivity contribution in [2.45, 2.75) is 64.0 Å². The third-order valence-electron chi connectivity index (χ3n) is 4.19. The first kappa shape index (κ1) is 26.8. The van der Waals surface area contributed by atoms with E-state index in [4.69, 9.17) is 9.42 Å². The molecule has 6 nitrogen and oxygen atoms in total. The second kappa shape index (κ2) is 13.1. The molecule has 0 saturated heterocycles. The molecule has 0 heterocycles. The van der Waals surface area contributed by atoms with Gasteiger partial charge < -0.3 is 19.4 Å². The smallest absolute Gasteiger partial charge is 0.862 e. The summed E-state index contributed by atoms with van der Waals surface area (Å²) in [5, 5.41) is 12.1. The molecule has 1 aliphatic rings. The van der Waals surface area contributed by atoms with E-state index in [1.54, 1.807) is 0 Å². The quantitative estimate of drug-likeness (QED) is 0.151. The van der Waals surface area contributed by atoms with Crippen LogP contribution < -0.4 is 69.1 Å². The molecule has 9 heteroatoms. The van der Waals surface area contributed by atoms with Crippen LogP contribution in [0, 0.1) is 0 Å². The number of nitrogens with zero attached hydrogens (tertiary/aromatic N) is 1. The average molecular weight is 399 g/mol. The fourth-order valence-corrected chi connectivity index (χ4v) is 3.59. The van der Waals surface area contributed by atoms with E-state index >= 15 is 0 Å². The standard InChI is InChI=1S/C17H26NO5P.2Na/c1-2-3-4-5-6-11-16(19)18-17-14-10-8-7-9-13(14)12-15(17)23-24(20,21)22;;/h7-10,15,17H,2-6,11-12H2,1H3,(H,18,19)(H2,20,21,22);;/q;2*+1/p-2/t15-,17-;;/m1../s1. The Morgan fingerprint density at radius 3 is 2.58 bits per heavy atom. The fraction of sp³-hybridized carbons (Fsp3) is 0.588. The molecule has 0 amide bonds. The van der Waals surface area contributed by atoms with E-state index < -0.39 is 20.0 Å². The van der Waals surface area contributed by atoms with Gasteiger partial charge in [-0.25, -0.2) is 0 Å². The number of hydrogen-bond donors (Lipinski definition) is 1. The van der Waals surface area contributed by atoms with Gasteiger partial charge in [0.2, 0.25) is 0 Å². The third kappa shape index (κ3) is 8.87. The first-order valence-corrected chi connectivity index (χ1v) is 9.94. The number of rotatable bonds is 9. The molecule has 0 fully saturated rings. The van der Waals surface area contributed by atoms with Crippen molar-refractivity contribution in [3.63, 3.8) is 0 Å². The van der Waals surface area contributed by atoms with Crippen LogP contribution in [-0.4, -0.2) is 16.9 Å². The van der Waals surface area contributed by atoms with Gasteiger partial charge in [0.05, 0.1) is 6.10 Å². The van der Waals surface area contributed by atoms with Crippen molar-refractivity contribution < 1.29 is 83.1 Å². The normalized spacial score (nSPS) is 21.3. The summed E-state index contributed by atoms with van der Waals surface area (Å²) in [5.41, 5.74) is 1.68. The number of phosphoric acid groups is 1. The minimum atomic E-state index is -4.88. The summed E-state index contributed by atoms with van der Waals surface area (Å²) in [7, 11) is -4.88. The molecule has 1 aliphatic carbocycles. The monoisotopic (exact) mass is 399 g/mol. The van der Waals surface area contributed by atoms with Gasteiger partial charge in [-0.3, -0.25) is 9.56 Å². The van der Waals surface area contributed by atoms with Crippen LogP contribution in [0.1, 0.15) is 62.6 Å². The van der Waals surface area contributed by atoms with Crippen LogP contribution in [0.3, 0.4) is 0 Å². The van der Waals surface area contributed by atoms with Gasteiger partial charge in [0.1, 0.15) is 6.04 Å². The summed E-state index contributed by atoms with van der Waals surface area (Å²) in [6, 6.07) is 6.63. The van der Waals surface area contributed by atoms with Crippen molar-refractivity contribution in [3.8, 4) is 0 Å². The Hall–Kier alpha value is 0.800. The van der Waals surface area contributed by atoms with Crippen molar-refractivity contribution in [2.24, 2.45) is 4.99 Å². The predicted molar refractivity (Wildman–Crippen MR) is 88.4 cm³/mol. The molecule has 0 bridgehead atoms. The number of benzene rings is 1. The van der Waals surface area contributed by atoms with Crippen LogP contribution in [0.25, 0.3) is 0 Å². The van der Waals surface area contributed by atoms with E-state index in [0.717, 1.165) is 43.2 Å². The van der Waals surface area contributed by atoms with Crippen molar-refractivity contribution >= 4 is 13.7 Å². The van der Waals surface area contributed by atoms with Crippen LogP contribution in [0.2, 0.25) is 0 Å². The predicted octanol–water partition coefficient (Wildman–Crippen LogP) is -3.74. The zero-order chi connectivity index (χ0) is 17.6. The molecule has 1 unspecified atom stereocenters. The minimum absolute atomic E-state index is 0. The van der Waals surface area contributed by atoms with Crippen molar-refractivity contribution in [1.82, 2.24) is 0 Å². The van der Waals surface area contributed by atoms with Crippen LogP contribution in [0.15, 0.2) is 29.3 Å². The van der Waals surface area contributed by atoms with E-state index in [-0.39, 0.29) is 65.0 Å². The fourth-order valence-electron chi connectivity index (χ4n) is 3.06. The zero-order valence-electron chi connectivity index (χ0n) is 15.9. The number of phosphoric ester groups is 1. The minimum Gasteiger partial charge on any atom is -0.862 e. The molecule has 0 spiro atoms. The van der Waals surface area contributed by atoms with Gasteiger partial charge in [0, 0.05) is 6.42 Å². The first-order valence-electron chi connectivity index (χ1n) is 8.44. The molecule has 0 aliphatic heterocycles. The SMILES string of the molecule is CCCCCCCC([O-])=N[C@@H]1c2ccccc2C[C@H]1OP(=O)([O-])O.[Na+].[Na+]. The second-order valence-electron chi connectivity index (χ2n) is 6.15. The number of hydrogen-bond acceptors (Lipinski definition) is 5. The Kier molecular flexibility index (Phi) is 13.5. The second-order valence-corrected chi connectivity index (χ2v) is 7.30. The molecular weight excluding hydrogens is 375 g/mol. The molecule has 0 radical (unpaired) electrons. The molecule has 1 N–H and O–H groups in total. The average Bonchev–Trinajstić information content (AvgIpc) is 2.83. The molecule has 1 aromatic carbocycles. The van der Waals surface area contributed by atoms with E-state index in [0.29, 0.717) is 12.8 Å². The van der Waals surface area contributed by atoms with E-state index in [1.807, 2.05) is 24.3 Å². The maximum atomic E-state index is 12.1. The number of aliphatic imine (C=N–C) groups is 1. The zero-order valence-corrected chi connectivity index (χ0v) is 20.8. The molecule has 0 saturated carbocycles. The van der Waals surface area contributed by atoms with Crippen molar-refractivity contribution in [3.05, 3.63) is 35.4 Å². The molecule has 2 rings (SSSR count). The summed E-state index contributed by atoms with van der Waals surface area (Å²) < 4.78 is 15.8. The topological polar surface area (TPSA) is 105 Å². The van der Waals surface area contributed by atoms with Crippen LogP contribution in [-0.2, 0) is 15.5 Å². The van der Waals surface area contributed by atoms with Gasteiger partial charge in [-0.15, -0.1) is 0 Å². The van der Waals surface area contributed by atoms with E-state index in [2.05, 4.69) is 11.9 Å². The maximum Gasteiger partial charge on any atom is 1.00 e. The molecule has 3 atom stereocenters. The van der Waals surface area contributed by atoms with Gasteiger partial charge >= 0.3 is 59.1 Å². The Balaban J connectivity index is 0.00000312. The summed E-state index contributed by atoms with van der Waals surface area (Å²) in [5.74, 6) is -0.250. The summed E-state index contributed by atoms with van der Waals surface area (Å²) in [6.07, 6.45) is 4.97. The van der Waals surface area contributed by atoms with E-state index in [1.165, 1.54) is 0 Å². The molecule has 0 aromatic heterocycles. The maximum absolute atomic E-state index is 12.1. The summed E-state index contributed by atoms with van der Waals surface area (Å²) in [4.78, 5) is 24.2. The number of unbranched alkanes of at least 4 members (excludes halogenated alkanes) is 4. The van der Waals surface area contributed by atoms with Crippen LogP contribution in [0.5, 0.6) is 0 Å². The Bertz CT molecular complexity index is 623. The van der Waals surface area contributed by atoms with E-state index in [9.17, 15) is 14.6 Å². The Morgan fingerprint density at radius 1 is 1.27 bits per heavy atom. The van der Waals surface area contributed by atoms with Crippen molar-refractivity contribution in [2.75, 3.05) is 0 Å². The van der Waals surface area contributed by atoms with Crippen molar-refractivity contribution in [1.29, 1.82) is 0 Å². The summed E-state index contributed by atoms with van der Waals surface area (Å²) in [6.45, 7) is 2.13. The van der Waals surface area contributed by atoms with Gasteiger partial charge in [0.25, 0.3) is 7.82 Å². The Morgan fingerprint density at radius 2 is 1.92 bits per heavy atom.